The second kappa shape index (κ2) is 17.5. The van der Waals surface area contributed by atoms with E-state index in [2.05, 4.69) is 29.9 Å². The molecular weight excluding hydrogens is 914 g/mol. The van der Waals surface area contributed by atoms with Crippen molar-refractivity contribution in [3.63, 3.8) is 0 Å². The predicted molar refractivity (Wildman–Crippen MR) is 247 cm³/mol. The topological polar surface area (TPSA) is 143 Å². The molecule has 3 aliphatic carbocycles. The summed E-state index contributed by atoms with van der Waals surface area (Å²) in [5.74, 6) is -3.57. The maximum Gasteiger partial charge on any atom is 0.279 e. The minimum Gasteiger partial charge on any atom is -0.286 e. The van der Waals surface area contributed by atoms with E-state index < -0.39 is 23.0 Å². The largest absolute Gasteiger partial charge is 0.286 e. The molecule has 0 saturated heterocycles. The van der Waals surface area contributed by atoms with E-state index in [0.717, 1.165) is 44.0 Å². The number of benzene rings is 3. The maximum absolute atomic E-state index is 14.0. The van der Waals surface area contributed by atoms with Gasteiger partial charge in [-0.25, -0.2) is 43.1 Å². The molecule has 66 heavy (non-hydrogen) atoms. The minimum absolute atomic E-state index is 0.0185. The quantitative estimate of drug-likeness (QED) is 0.149. The van der Waals surface area contributed by atoms with E-state index in [4.69, 9.17) is 34.8 Å². The van der Waals surface area contributed by atoms with E-state index in [-0.39, 0.29) is 40.5 Å². The Balaban J connectivity index is 0.000000116. The number of hydrogen-bond donors (Lipinski definition) is 0. The van der Waals surface area contributed by atoms with Gasteiger partial charge in [0.15, 0.2) is 28.6 Å². The van der Waals surface area contributed by atoms with Gasteiger partial charge in [-0.15, -0.1) is 0 Å². The molecule has 0 amide bonds. The molecule has 330 valence electrons. The van der Waals surface area contributed by atoms with Gasteiger partial charge in [-0.3, -0.25) is 28.1 Å². The van der Waals surface area contributed by atoms with Crippen molar-refractivity contribution in [3.8, 4) is 33.8 Å². The molecule has 0 unspecified atom stereocenters. The third kappa shape index (κ3) is 8.33. The first-order valence-corrected chi connectivity index (χ1v) is 22.1. The van der Waals surface area contributed by atoms with Crippen molar-refractivity contribution >= 4 is 68.3 Å². The number of halogens is 6. The number of fused-ring (bicyclic) bond motifs is 3. The molecule has 0 aliphatic heterocycles. The highest BCUT2D eigenvalue weighted by atomic mass is 35.5. The Morgan fingerprint density at radius 2 is 0.848 bits per heavy atom. The van der Waals surface area contributed by atoms with Crippen LogP contribution in [-0.4, -0.2) is 43.6 Å². The van der Waals surface area contributed by atoms with Crippen LogP contribution in [0.15, 0.2) is 124 Å². The lowest BCUT2D eigenvalue weighted by atomic mass is 10.1. The Morgan fingerprint density at radius 1 is 0.439 bits per heavy atom. The van der Waals surface area contributed by atoms with Gasteiger partial charge in [-0.2, -0.15) is 0 Å². The van der Waals surface area contributed by atoms with Crippen LogP contribution in [0.3, 0.4) is 0 Å². The summed E-state index contributed by atoms with van der Waals surface area (Å²) in [7, 11) is 0. The highest BCUT2D eigenvalue weighted by Gasteiger charge is 2.31. The molecule has 0 bridgehead atoms. The smallest absolute Gasteiger partial charge is 0.279 e. The summed E-state index contributed by atoms with van der Waals surface area (Å²) >= 11 is 18.4. The van der Waals surface area contributed by atoms with Gasteiger partial charge in [0.1, 0.15) is 39.4 Å². The molecule has 9 aromatic rings. The molecule has 3 aliphatic rings. The lowest BCUT2D eigenvalue weighted by Gasteiger charge is -2.11. The molecule has 3 saturated carbocycles. The highest BCUT2D eigenvalue weighted by molar-refractivity contribution is 6.36. The number of hydrogen-bond acceptors (Lipinski definition) is 9. The molecule has 12 nitrogen and oxygen atoms in total. The van der Waals surface area contributed by atoms with Gasteiger partial charge in [0.2, 0.25) is 0 Å². The molecule has 3 fully saturated rings. The summed E-state index contributed by atoms with van der Waals surface area (Å²) in [6, 6.07) is 24.5. The third-order valence-electron chi connectivity index (χ3n) is 11.3. The molecule has 6 heterocycles. The first kappa shape index (κ1) is 43.1. The van der Waals surface area contributed by atoms with E-state index >= 15 is 0 Å². The first-order valence-electron chi connectivity index (χ1n) is 20.9. The molecule has 0 radical (unpaired) electrons. The minimum atomic E-state index is -1.31. The van der Waals surface area contributed by atoms with Crippen LogP contribution in [0.1, 0.15) is 56.7 Å². The zero-order valence-corrected chi connectivity index (χ0v) is 36.7. The molecule has 6 aromatic heterocycles. The normalized spacial score (nSPS) is 14.5. The summed E-state index contributed by atoms with van der Waals surface area (Å²) in [6.45, 7) is 0. The Labute approximate surface area is 387 Å². The lowest BCUT2D eigenvalue weighted by Crippen LogP contribution is -2.24. The summed E-state index contributed by atoms with van der Waals surface area (Å²) in [5, 5.41) is 1.48. The van der Waals surface area contributed by atoms with Crippen LogP contribution in [0.4, 0.5) is 13.2 Å². The summed E-state index contributed by atoms with van der Waals surface area (Å²) in [5.41, 5.74) is 4.09. The van der Waals surface area contributed by atoms with Gasteiger partial charge in [0.05, 0.1) is 10.0 Å². The third-order valence-corrected chi connectivity index (χ3v) is 12.1. The van der Waals surface area contributed by atoms with E-state index in [9.17, 15) is 27.6 Å². The van der Waals surface area contributed by atoms with E-state index in [0.29, 0.717) is 77.7 Å². The van der Waals surface area contributed by atoms with Crippen LogP contribution in [0.25, 0.3) is 67.3 Å². The van der Waals surface area contributed by atoms with Crippen molar-refractivity contribution in [1.82, 2.24) is 43.6 Å². The van der Waals surface area contributed by atoms with Crippen molar-refractivity contribution in [3.05, 3.63) is 173 Å². The van der Waals surface area contributed by atoms with Crippen molar-refractivity contribution in [2.75, 3.05) is 0 Å². The monoisotopic (exact) mass is 945 g/mol. The number of rotatable bonds is 6. The fourth-order valence-corrected chi connectivity index (χ4v) is 8.42. The molecule has 3 aromatic carbocycles. The van der Waals surface area contributed by atoms with Crippen LogP contribution in [0, 0.1) is 17.5 Å². The van der Waals surface area contributed by atoms with Gasteiger partial charge in [-0.1, -0.05) is 53.0 Å². The van der Waals surface area contributed by atoms with Gasteiger partial charge >= 0.3 is 0 Å². The number of pyridine rings is 3. The van der Waals surface area contributed by atoms with Gasteiger partial charge < -0.3 is 0 Å². The number of aromatic nitrogens is 9. The SMILES string of the molecule is O=c1c(-c2cc(F)c(F)cc2F)nc2cccnc2n1C1CC1.O=c1c(-c2ccc(Cl)cc2Cl)nc2cccnc2n1C1CC1.O=c1c(-c2ccccc2Cl)nc2cccnc2n1C1CC1. The molecule has 0 N–H and O–H groups in total. The van der Waals surface area contributed by atoms with E-state index in [1.165, 1.54) is 4.57 Å². The average molecular weight is 947 g/mol. The van der Waals surface area contributed by atoms with Crippen LogP contribution in [0.2, 0.25) is 15.1 Å². The zero-order valence-electron chi connectivity index (χ0n) is 34.4. The second-order valence-electron chi connectivity index (χ2n) is 16.0. The fourth-order valence-electron chi connectivity index (χ4n) is 7.70. The predicted octanol–water partition coefficient (Wildman–Crippen LogP) is 10.8. The van der Waals surface area contributed by atoms with Crippen molar-refractivity contribution in [2.45, 2.75) is 56.7 Å². The Kier molecular flexibility index (Phi) is 11.4. The van der Waals surface area contributed by atoms with Gasteiger partial charge in [0, 0.05) is 64.5 Å². The van der Waals surface area contributed by atoms with Crippen molar-refractivity contribution in [1.29, 1.82) is 0 Å². The fraction of sp³-hybridized carbons (Fsp3) is 0.188. The van der Waals surface area contributed by atoms with Crippen LogP contribution < -0.4 is 16.7 Å². The summed E-state index contributed by atoms with van der Waals surface area (Å²) in [6.07, 6.45) is 10.5. The van der Waals surface area contributed by atoms with Gasteiger partial charge in [0.25, 0.3) is 16.7 Å². The van der Waals surface area contributed by atoms with Crippen LogP contribution >= 0.6 is 34.8 Å². The highest BCUT2D eigenvalue weighted by Crippen LogP contribution is 2.38. The standard InChI is InChI=1S/C16H11Cl2N3O.C16H12ClN3O.C16H10F3N3O/c17-9-3-6-11(12(18)8-9)14-16(22)21(10-4-5-10)15-13(20-14)2-1-7-19-15;17-12-5-2-1-4-11(12)14-16(21)20(10-7-8-10)15-13(19-14)6-3-9-18-15;17-10-7-12(19)11(18)6-9(10)14-16(23)22(8-3-4-8)15-13(21-14)2-1-5-20-15/h1-3,6-8,10H,4-5H2;1-6,9-10H,7-8H2;1-2,5-8H,3-4H2. The Bertz CT molecular complexity index is 3590. The molecule has 0 atom stereocenters. The number of nitrogens with zero attached hydrogens (tertiary/aromatic N) is 9. The van der Waals surface area contributed by atoms with Crippen LogP contribution in [0.5, 0.6) is 0 Å². The average Bonchev–Trinajstić information content (AvgIpc) is 4.13. The summed E-state index contributed by atoms with van der Waals surface area (Å²) < 4.78 is 45.6. The van der Waals surface area contributed by atoms with E-state index in [1.807, 2.05) is 42.5 Å². The van der Waals surface area contributed by atoms with E-state index in [1.54, 1.807) is 64.1 Å². The lowest BCUT2D eigenvalue weighted by molar-refractivity contribution is 0.496. The zero-order chi connectivity index (χ0) is 45.8. The second-order valence-corrected chi connectivity index (χ2v) is 17.2. The first-order chi connectivity index (χ1) is 32.0. The molecule has 18 heteroatoms. The maximum atomic E-state index is 14.0. The van der Waals surface area contributed by atoms with Crippen molar-refractivity contribution < 1.29 is 13.2 Å². The molecular formula is C48H33Cl3F3N9O3. The summed E-state index contributed by atoms with van der Waals surface area (Å²) in [4.78, 5) is 64.3. The van der Waals surface area contributed by atoms with Crippen molar-refractivity contribution in [2.24, 2.45) is 0 Å². The Morgan fingerprint density at radius 3 is 1.27 bits per heavy atom. The Hall–Kier alpha value is -6.81. The van der Waals surface area contributed by atoms with Crippen LogP contribution in [-0.2, 0) is 0 Å². The molecule has 12 rings (SSSR count). The van der Waals surface area contributed by atoms with Gasteiger partial charge in [-0.05, 0) is 105 Å². The molecule has 0 spiro atoms.